The summed E-state index contributed by atoms with van der Waals surface area (Å²) in [5, 5.41) is 21.5. The first-order chi connectivity index (χ1) is 11.6. The summed E-state index contributed by atoms with van der Waals surface area (Å²) in [6.45, 7) is 1.95. The van der Waals surface area contributed by atoms with Crippen molar-refractivity contribution in [1.29, 1.82) is 0 Å². The highest BCUT2D eigenvalue weighted by Gasteiger charge is 2.25. The van der Waals surface area contributed by atoms with E-state index in [0.717, 1.165) is 63.1 Å². The number of aliphatic hydroxyl groups excluding tert-OH is 1. The van der Waals surface area contributed by atoms with E-state index in [4.69, 9.17) is 0 Å². The Labute approximate surface area is 143 Å². The number of aliphatic hydroxyl groups is 1. The molecule has 0 spiro atoms. The molecule has 0 radical (unpaired) electrons. The standard InChI is InChI=1S/C17H29N5O2/c1-21(12-13-7-4-5-8-14(13)23)17(24)18-11-16-20-19-15-9-3-2-6-10-22(15)16/h13-14,23H,2-12H2,1H3,(H,18,24). The molecule has 2 unspecified atom stereocenters. The lowest BCUT2D eigenvalue weighted by atomic mass is 9.86. The van der Waals surface area contributed by atoms with Crippen LogP contribution in [0.2, 0.25) is 0 Å². The summed E-state index contributed by atoms with van der Waals surface area (Å²) < 4.78 is 2.15. The summed E-state index contributed by atoms with van der Waals surface area (Å²) in [4.78, 5) is 14.0. The molecule has 2 amide bonds. The van der Waals surface area contributed by atoms with Crippen LogP contribution in [0.1, 0.15) is 56.6 Å². The number of rotatable bonds is 4. The molecule has 1 fully saturated rings. The molecular weight excluding hydrogens is 306 g/mol. The van der Waals surface area contributed by atoms with E-state index in [0.29, 0.717) is 13.1 Å². The first-order valence-corrected chi connectivity index (χ1v) is 9.23. The number of aryl methyl sites for hydroxylation is 1. The molecule has 134 valence electrons. The number of carbonyl (C=O) groups is 1. The Bertz CT molecular complexity index is 559. The van der Waals surface area contributed by atoms with E-state index in [-0.39, 0.29) is 18.1 Å². The Morgan fingerprint density at radius 2 is 2.08 bits per heavy atom. The Morgan fingerprint density at radius 1 is 1.25 bits per heavy atom. The van der Waals surface area contributed by atoms with Gasteiger partial charge in [-0.25, -0.2) is 4.79 Å². The number of urea groups is 1. The van der Waals surface area contributed by atoms with Crippen LogP contribution in [0.5, 0.6) is 0 Å². The predicted molar refractivity (Wildman–Crippen MR) is 90.4 cm³/mol. The molecule has 3 rings (SSSR count). The van der Waals surface area contributed by atoms with Gasteiger partial charge in [-0.05, 0) is 25.7 Å². The maximum absolute atomic E-state index is 12.3. The number of hydrogen-bond acceptors (Lipinski definition) is 4. The van der Waals surface area contributed by atoms with Crippen LogP contribution in [-0.4, -0.2) is 50.5 Å². The van der Waals surface area contributed by atoms with Crippen molar-refractivity contribution in [2.24, 2.45) is 5.92 Å². The molecule has 7 heteroatoms. The Morgan fingerprint density at radius 3 is 2.92 bits per heavy atom. The van der Waals surface area contributed by atoms with E-state index in [9.17, 15) is 9.90 Å². The van der Waals surface area contributed by atoms with E-state index in [1.807, 2.05) is 0 Å². The molecule has 0 saturated heterocycles. The minimum absolute atomic E-state index is 0.112. The molecule has 1 aromatic rings. The Kier molecular flexibility index (Phi) is 5.71. The molecule has 1 aliphatic carbocycles. The first-order valence-electron chi connectivity index (χ1n) is 9.23. The quantitative estimate of drug-likeness (QED) is 0.877. The fraction of sp³-hybridized carbons (Fsp3) is 0.824. The van der Waals surface area contributed by atoms with Crippen LogP contribution in [0.25, 0.3) is 0 Å². The summed E-state index contributed by atoms with van der Waals surface area (Å²) in [5.74, 6) is 2.07. The lowest BCUT2D eigenvalue weighted by Gasteiger charge is -2.31. The van der Waals surface area contributed by atoms with Gasteiger partial charge in [0.05, 0.1) is 12.6 Å². The summed E-state index contributed by atoms with van der Waals surface area (Å²) in [7, 11) is 1.79. The van der Waals surface area contributed by atoms with Crippen LogP contribution in [0.4, 0.5) is 4.79 Å². The molecule has 1 saturated carbocycles. The zero-order valence-electron chi connectivity index (χ0n) is 14.6. The van der Waals surface area contributed by atoms with Gasteiger partial charge in [0.25, 0.3) is 0 Å². The first kappa shape index (κ1) is 17.2. The molecule has 2 heterocycles. The second kappa shape index (κ2) is 7.96. The van der Waals surface area contributed by atoms with Crippen molar-refractivity contribution >= 4 is 6.03 Å². The van der Waals surface area contributed by atoms with Crippen molar-refractivity contribution in [3.8, 4) is 0 Å². The number of carbonyl (C=O) groups excluding carboxylic acids is 1. The third kappa shape index (κ3) is 4.06. The normalized spacial score (nSPS) is 24.1. The van der Waals surface area contributed by atoms with Crippen molar-refractivity contribution in [3.63, 3.8) is 0 Å². The van der Waals surface area contributed by atoms with Gasteiger partial charge < -0.3 is 19.9 Å². The minimum Gasteiger partial charge on any atom is -0.393 e. The van der Waals surface area contributed by atoms with Gasteiger partial charge in [-0.2, -0.15) is 0 Å². The van der Waals surface area contributed by atoms with Crippen LogP contribution in [0.3, 0.4) is 0 Å². The molecule has 0 bridgehead atoms. The average Bonchev–Trinajstić information content (AvgIpc) is 2.81. The van der Waals surface area contributed by atoms with Gasteiger partial charge in [-0.15, -0.1) is 10.2 Å². The zero-order chi connectivity index (χ0) is 16.9. The fourth-order valence-corrected chi connectivity index (χ4v) is 3.80. The summed E-state index contributed by atoms with van der Waals surface area (Å²) in [5.41, 5.74) is 0. The Hall–Kier alpha value is -1.63. The largest absolute Gasteiger partial charge is 0.393 e. The molecule has 1 aromatic heterocycles. The maximum Gasteiger partial charge on any atom is 0.317 e. The molecular formula is C17H29N5O2. The molecule has 0 aromatic carbocycles. The van der Waals surface area contributed by atoms with E-state index < -0.39 is 0 Å². The summed E-state index contributed by atoms with van der Waals surface area (Å²) >= 11 is 0. The van der Waals surface area contributed by atoms with Crippen molar-refractivity contribution in [1.82, 2.24) is 25.0 Å². The minimum atomic E-state index is -0.277. The van der Waals surface area contributed by atoms with Gasteiger partial charge in [0, 0.05) is 32.5 Å². The topological polar surface area (TPSA) is 83.3 Å². The van der Waals surface area contributed by atoms with Crippen molar-refractivity contribution in [3.05, 3.63) is 11.6 Å². The van der Waals surface area contributed by atoms with E-state index in [1.54, 1.807) is 11.9 Å². The number of amides is 2. The fourth-order valence-electron chi connectivity index (χ4n) is 3.80. The van der Waals surface area contributed by atoms with Crippen LogP contribution in [0.15, 0.2) is 0 Å². The van der Waals surface area contributed by atoms with Crippen LogP contribution in [-0.2, 0) is 19.5 Å². The van der Waals surface area contributed by atoms with Crippen molar-refractivity contribution in [2.45, 2.75) is 70.6 Å². The summed E-state index contributed by atoms with van der Waals surface area (Å²) in [6, 6.07) is -0.112. The summed E-state index contributed by atoms with van der Waals surface area (Å²) in [6.07, 6.45) is 8.31. The lowest BCUT2D eigenvalue weighted by molar-refractivity contribution is 0.0564. The smallest absolute Gasteiger partial charge is 0.317 e. The van der Waals surface area contributed by atoms with Gasteiger partial charge in [0.15, 0.2) is 5.82 Å². The number of fused-ring (bicyclic) bond motifs is 1. The molecule has 24 heavy (non-hydrogen) atoms. The highest BCUT2D eigenvalue weighted by atomic mass is 16.3. The molecule has 2 atom stereocenters. The third-order valence-electron chi connectivity index (χ3n) is 5.31. The predicted octanol–water partition coefficient (Wildman–Crippen LogP) is 1.70. The van der Waals surface area contributed by atoms with E-state index >= 15 is 0 Å². The van der Waals surface area contributed by atoms with Gasteiger partial charge in [0.1, 0.15) is 5.82 Å². The number of nitrogens with zero attached hydrogens (tertiary/aromatic N) is 4. The van der Waals surface area contributed by atoms with Gasteiger partial charge in [0.2, 0.25) is 0 Å². The van der Waals surface area contributed by atoms with Gasteiger partial charge in [-0.1, -0.05) is 19.3 Å². The van der Waals surface area contributed by atoms with Crippen LogP contribution < -0.4 is 5.32 Å². The molecule has 2 N–H and O–H groups in total. The molecule has 2 aliphatic rings. The second-order valence-electron chi connectivity index (χ2n) is 7.15. The third-order valence-corrected chi connectivity index (χ3v) is 5.31. The van der Waals surface area contributed by atoms with Crippen LogP contribution in [0, 0.1) is 5.92 Å². The SMILES string of the molecule is CN(CC1CCCCC1O)C(=O)NCc1nnc2n1CCCCC2. The number of nitrogens with one attached hydrogen (secondary N) is 1. The van der Waals surface area contributed by atoms with Crippen molar-refractivity contribution < 1.29 is 9.90 Å². The van der Waals surface area contributed by atoms with E-state index in [1.165, 1.54) is 6.42 Å². The van der Waals surface area contributed by atoms with E-state index in [2.05, 4.69) is 20.1 Å². The maximum atomic E-state index is 12.3. The molecule has 7 nitrogen and oxygen atoms in total. The lowest BCUT2D eigenvalue weighted by Crippen LogP contribution is -2.43. The zero-order valence-corrected chi connectivity index (χ0v) is 14.6. The monoisotopic (exact) mass is 335 g/mol. The number of hydrogen-bond donors (Lipinski definition) is 2. The van der Waals surface area contributed by atoms with Gasteiger partial charge in [-0.3, -0.25) is 0 Å². The highest BCUT2D eigenvalue weighted by molar-refractivity contribution is 5.73. The Balaban J connectivity index is 1.51. The average molecular weight is 335 g/mol. The highest BCUT2D eigenvalue weighted by Crippen LogP contribution is 2.24. The molecule has 1 aliphatic heterocycles. The van der Waals surface area contributed by atoms with Crippen LogP contribution >= 0.6 is 0 Å². The van der Waals surface area contributed by atoms with Gasteiger partial charge >= 0.3 is 6.03 Å². The number of aromatic nitrogens is 3. The second-order valence-corrected chi connectivity index (χ2v) is 7.15. The van der Waals surface area contributed by atoms with Crippen molar-refractivity contribution in [2.75, 3.05) is 13.6 Å².